The van der Waals surface area contributed by atoms with Crippen molar-refractivity contribution in [3.8, 4) is 0 Å². The highest BCUT2D eigenvalue weighted by Gasteiger charge is 2.18. The van der Waals surface area contributed by atoms with Crippen molar-refractivity contribution in [1.82, 2.24) is 15.3 Å². The quantitative estimate of drug-likeness (QED) is 0.739. The summed E-state index contributed by atoms with van der Waals surface area (Å²) in [5, 5.41) is 9.30. The Morgan fingerprint density at radius 3 is 3.06 bits per heavy atom. The van der Waals surface area contributed by atoms with Crippen molar-refractivity contribution in [2.75, 3.05) is 23.7 Å². The van der Waals surface area contributed by atoms with Gasteiger partial charge in [0.15, 0.2) is 0 Å². The summed E-state index contributed by atoms with van der Waals surface area (Å²) in [5.41, 5.74) is 1.01. The molecule has 2 rings (SSSR count). The minimum atomic E-state index is 0.126. The molecule has 1 aliphatic rings. The van der Waals surface area contributed by atoms with Crippen LogP contribution in [0.5, 0.6) is 0 Å². The summed E-state index contributed by atoms with van der Waals surface area (Å²) < 4.78 is 0. The van der Waals surface area contributed by atoms with Gasteiger partial charge >= 0.3 is 0 Å². The SMILES string of the molecule is CCNc1ncc(C)c(NC2CCC(=O)NC2)n1. The lowest BCUT2D eigenvalue weighted by atomic mass is 10.1. The van der Waals surface area contributed by atoms with Crippen LogP contribution in [-0.4, -0.2) is 35.0 Å². The Bertz CT molecular complexity index is 424. The summed E-state index contributed by atoms with van der Waals surface area (Å²) in [5.74, 6) is 1.59. The van der Waals surface area contributed by atoms with Crippen LogP contribution in [0.25, 0.3) is 0 Å². The molecule has 98 valence electrons. The smallest absolute Gasteiger partial charge is 0.224 e. The van der Waals surface area contributed by atoms with E-state index in [1.165, 1.54) is 0 Å². The molecule has 0 bridgehead atoms. The van der Waals surface area contributed by atoms with Gasteiger partial charge in [-0.05, 0) is 20.3 Å². The average molecular weight is 249 g/mol. The van der Waals surface area contributed by atoms with Crippen molar-refractivity contribution in [3.05, 3.63) is 11.8 Å². The molecular formula is C12H19N5O. The highest BCUT2D eigenvalue weighted by molar-refractivity contribution is 5.77. The number of carbonyl (C=O) groups excluding carboxylic acids is 1. The number of aromatic nitrogens is 2. The van der Waals surface area contributed by atoms with E-state index in [2.05, 4.69) is 25.9 Å². The van der Waals surface area contributed by atoms with Crippen molar-refractivity contribution >= 4 is 17.7 Å². The summed E-state index contributed by atoms with van der Waals surface area (Å²) in [4.78, 5) is 19.7. The van der Waals surface area contributed by atoms with Crippen LogP contribution >= 0.6 is 0 Å². The van der Waals surface area contributed by atoms with Gasteiger partial charge in [-0.15, -0.1) is 0 Å². The molecule has 1 unspecified atom stereocenters. The topological polar surface area (TPSA) is 78.9 Å². The fourth-order valence-corrected chi connectivity index (χ4v) is 1.88. The monoisotopic (exact) mass is 249 g/mol. The first kappa shape index (κ1) is 12.6. The number of piperidine rings is 1. The molecule has 1 amide bonds. The zero-order valence-corrected chi connectivity index (χ0v) is 10.8. The maximum absolute atomic E-state index is 11.1. The Labute approximate surface area is 107 Å². The first-order valence-electron chi connectivity index (χ1n) is 6.29. The predicted octanol–water partition coefficient (Wildman–Crippen LogP) is 0.907. The van der Waals surface area contributed by atoms with Crippen molar-refractivity contribution in [1.29, 1.82) is 0 Å². The largest absolute Gasteiger partial charge is 0.365 e. The molecule has 1 aromatic heterocycles. The molecule has 1 fully saturated rings. The fraction of sp³-hybridized carbons (Fsp3) is 0.583. The molecular weight excluding hydrogens is 230 g/mol. The Hall–Kier alpha value is -1.85. The second-order valence-electron chi connectivity index (χ2n) is 4.44. The van der Waals surface area contributed by atoms with E-state index in [1.54, 1.807) is 6.20 Å². The number of anilines is 2. The normalized spacial score (nSPS) is 19.2. The Kier molecular flexibility index (Phi) is 3.96. The minimum absolute atomic E-state index is 0.126. The lowest BCUT2D eigenvalue weighted by Gasteiger charge is -2.24. The lowest BCUT2D eigenvalue weighted by molar-refractivity contribution is -0.122. The maximum atomic E-state index is 11.1. The number of hydrogen-bond donors (Lipinski definition) is 3. The van der Waals surface area contributed by atoms with E-state index in [0.29, 0.717) is 18.9 Å². The van der Waals surface area contributed by atoms with E-state index in [4.69, 9.17) is 0 Å². The second-order valence-corrected chi connectivity index (χ2v) is 4.44. The molecule has 18 heavy (non-hydrogen) atoms. The van der Waals surface area contributed by atoms with Crippen molar-refractivity contribution in [2.45, 2.75) is 32.7 Å². The Morgan fingerprint density at radius 1 is 1.56 bits per heavy atom. The molecule has 1 aromatic rings. The van der Waals surface area contributed by atoms with Gasteiger partial charge in [-0.25, -0.2) is 4.98 Å². The van der Waals surface area contributed by atoms with Gasteiger partial charge in [0.05, 0.1) is 0 Å². The number of carbonyl (C=O) groups is 1. The molecule has 2 heterocycles. The van der Waals surface area contributed by atoms with E-state index in [9.17, 15) is 4.79 Å². The fourth-order valence-electron chi connectivity index (χ4n) is 1.88. The van der Waals surface area contributed by atoms with Gasteiger partial charge in [0.1, 0.15) is 5.82 Å². The molecule has 1 saturated heterocycles. The average Bonchev–Trinajstić information content (AvgIpc) is 2.36. The van der Waals surface area contributed by atoms with Crippen LogP contribution in [0.2, 0.25) is 0 Å². The van der Waals surface area contributed by atoms with Gasteiger partial charge in [0.25, 0.3) is 0 Å². The maximum Gasteiger partial charge on any atom is 0.224 e. The van der Waals surface area contributed by atoms with Crippen LogP contribution in [0.3, 0.4) is 0 Å². The van der Waals surface area contributed by atoms with Crippen molar-refractivity contribution in [3.63, 3.8) is 0 Å². The molecule has 0 spiro atoms. The van der Waals surface area contributed by atoms with E-state index in [1.807, 2.05) is 13.8 Å². The molecule has 0 aliphatic carbocycles. The standard InChI is InChI=1S/C12H19N5O/c1-3-13-12-15-6-8(2)11(17-12)16-9-4-5-10(18)14-7-9/h6,9H,3-5,7H2,1-2H3,(H,14,18)(H2,13,15,16,17). The van der Waals surface area contributed by atoms with Gasteiger partial charge < -0.3 is 16.0 Å². The van der Waals surface area contributed by atoms with Crippen LogP contribution in [0.1, 0.15) is 25.3 Å². The zero-order valence-electron chi connectivity index (χ0n) is 10.8. The molecule has 0 saturated carbocycles. The van der Waals surface area contributed by atoms with Gasteiger partial charge in [0.2, 0.25) is 11.9 Å². The van der Waals surface area contributed by atoms with Gasteiger partial charge in [-0.2, -0.15) is 4.98 Å². The van der Waals surface area contributed by atoms with Crippen LogP contribution < -0.4 is 16.0 Å². The second kappa shape index (κ2) is 5.66. The highest BCUT2D eigenvalue weighted by Crippen LogP contribution is 2.16. The number of hydrogen-bond acceptors (Lipinski definition) is 5. The van der Waals surface area contributed by atoms with E-state index in [-0.39, 0.29) is 11.9 Å². The summed E-state index contributed by atoms with van der Waals surface area (Å²) in [6, 6.07) is 0.241. The number of nitrogens with one attached hydrogen (secondary N) is 3. The highest BCUT2D eigenvalue weighted by atomic mass is 16.1. The third kappa shape index (κ3) is 3.09. The van der Waals surface area contributed by atoms with Gasteiger partial charge in [-0.3, -0.25) is 4.79 Å². The summed E-state index contributed by atoms with van der Waals surface area (Å²) in [6.45, 7) is 5.42. The predicted molar refractivity (Wildman–Crippen MR) is 70.6 cm³/mol. The van der Waals surface area contributed by atoms with E-state index < -0.39 is 0 Å². The molecule has 3 N–H and O–H groups in total. The third-order valence-corrected chi connectivity index (χ3v) is 2.91. The van der Waals surface area contributed by atoms with E-state index >= 15 is 0 Å². The lowest BCUT2D eigenvalue weighted by Crippen LogP contribution is -2.42. The first-order valence-corrected chi connectivity index (χ1v) is 6.29. The molecule has 1 aliphatic heterocycles. The third-order valence-electron chi connectivity index (χ3n) is 2.91. The van der Waals surface area contributed by atoms with Crippen molar-refractivity contribution < 1.29 is 4.79 Å². The molecule has 6 heteroatoms. The Balaban J connectivity index is 2.03. The number of nitrogens with zero attached hydrogens (tertiary/aromatic N) is 2. The molecule has 0 radical (unpaired) electrons. The first-order chi connectivity index (χ1) is 8.69. The number of aryl methyl sites for hydroxylation is 1. The van der Waals surface area contributed by atoms with Crippen LogP contribution in [0, 0.1) is 6.92 Å². The van der Waals surface area contributed by atoms with E-state index in [0.717, 1.165) is 24.3 Å². The van der Waals surface area contributed by atoms with Crippen LogP contribution in [0.15, 0.2) is 6.20 Å². The van der Waals surface area contributed by atoms with Crippen LogP contribution in [0.4, 0.5) is 11.8 Å². The molecule has 0 aromatic carbocycles. The summed E-state index contributed by atoms with van der Waals surface area (Å²) >= 11 is 0. The number of rotatable bonds is 4. The van der Waals surface area contributed by atoms with Gasteiger partial charge in [0, 0.05) is 37.3 Å². The zero-order chi connectivity index (χ0) is 13.0. The van der Waals surface area contributed by atoms with Crippen LogP contribution in [-0.2, 0) is 4.79 Å². The summed E-state index contributed by atoms with van der Waals surface area (Å²) in [7, 11) is 0. The Morgan fingerprint density at radius 2 is 2.39 bits per heavy atom. The van der Waals surface area contributed by atoms with Crippen molar-refractivity contribution in [2.24, 2.45) is 0 Å². The molecule has 1 atom stereocenters. The summed E-state index contributed by atoms with van der Waals surface area (Å²) in [6.07, 6.45) is 3.21. The molecule has 6 nitrogen and oxygen atoms in total. The number of amides is 1. The minimum Gasteiger partial charge on any atom is -0.365 e. The van der Waals surface area contributed by atoms with Gasteiger partial charge in [-0.1, -0.05) is 0 Å².